The number of fused-ring (bicyclic) bond motifs is 1. The average molecular weight is 247 g/mol. The van der Waals surface area contributed by atoms with E-state index in [0.717, 1.165) is 23.1 Å². The van der Waals surface area contributed by atoms with Gasteiger partial charge in [0.25, 0.3) is 0 Å². The Morgan fingerprint density at radius 1 is 1.39 bits per heavy atom. The highest BCUT2D eigenvalue weighted by Gasteiger charge is 2.48. The maximum absolute atomic E-state index is 5.75. The van der Waals surface area contributed by atoms with E-state index in [4.69, 9.17) is 10.6 Å². The fourth-order valence-corrected chi connectivity index (χ4v) is 3.39. The number of nitrogens with zero attached hydrogens (tertiary/aromatic N) is 1. The molecule has 4 heteroatoms. The summed E-state index contributed by atoms with van der Waals surface area (Å²) in [7, 11) is 0. The topological polar surface area (TPSA) is 60.2 Å². The number of nitrogens with two attached hydrogens (primary N) is 1. The van der Waals surface area contributed by atoms with Crippen molar-refractivity contribution in [1.29, 1.82) is 0 Å². The van der Waals surface area contributed by atoms with Gasteiger partial charge in [-0.25, -0.2) is 0 Å². The Bertz CT molecular complexity index is 413. The quantitative estimate of drug-likeness (QED) is 0.617. The van der Waals surface area contributed by atoms with Crippen molar-refractivity contribution in [3.05, 3.63) is 24.0 Å². The first kappa shape index (κ1) is 11.9. The molecule has 3 N–H and O–H groups in total. The SMILES string of the molecule is CCOc1cncc(C(NN)C2CC3CC3C2)c1. The van der Waals surface area contributed by atoms with Crippen molar-refractivity contribution in [2.75, 3.05) is 6.61 Å². The minimum Gasteiger partial charge on any atom is -0.492 e. The van der Waals surface area contributed by atoms with Crippen LogP contribution in [0.5, 0.6) is 5.75 Å². The lowest BCUT2D eigenvalue weighted by atomic mass is 9.90. The summed E-state index contributed by atoms with van der Waals surface area (Å²) in [5, 5.41) is 0. The molecule has 0 aliphatic heterocycles. The summed E-state index contributed by atoms with van der Waals surface area (Å²) in [5.41, 5.74) is 4.12. The summed E-state index contributed by atoms with van der Waals surface area (Å²) in [6.45, 7) is 2.65. The van der Waals surface area contributed by atoms with Crippen molar-refractivity contribution in [1.82, 2.24) is 10.4 Å². The predicted octanol–water partition coefficient (Wildman–Crippen LogP) is 2.03. The van der Waals surface area contributed by atoms with Crippen molar-refractivity contribution in [3.63, 3.8) is 0 Å². The largest absolute Gasteiger partial charge is 0.492 e. The zero-order valence-corrected chi connectivity index (χ0v) is 10.8. The average Bonchev–Trinajstić information content (AvgIpc) is 2.99. The van der Waals surface area contributed by atoms with Crippen LogP contribution in [0.4, 0.5) is 0 Å². The van der Waals surface area contributed by atoms with Gasteiger partial charge in [-0.2, -0.15) is 0 Å². The van der Waals surface area contributed by atoms with Crippen LogP contribution in [-0.4, -0.2) is 11.6 Å². The lowest BCUT2D eigenvalue weighted by Gasteiger charge is -2.24. The van der Waals surface area contributed by atoms with Crippen LogP contribution in [0.1, 0.15) is 37.8 Å². The number of rotatable bonds is 5. The molecule has 2 saturated carbocycles. The van der Waals surface area contributed by atoms with Gasteiger partial charge in [0, 0.05) is 6.20 Å². The van der Waals surface area contributed by atoms with Crippen molar-refractivity contribution < 1.29 is 4.74 Å². The molecule has 1 aromatic rings. The van der Waals surface area contributed by atoms with E-state index in [1.807, 2.05) is 13.1 Å². The third-order valence-electron chi connectivity index (χ3n) is 4.34. The molecule has 0 amide bonds. The van der Waals surface area contributed by atoms with Gasteiger partial charge in [0.15, 0.2) is 0 Å². The third-order valence-corrected chi connectivity index (χ3v) is 4.34. The first-order chi connectivity index (χ1) is 8.81. The van der Waals surface area contributed by atoms with E-state index >= 15 is 0 Å². The van der Waals surface area contributed by atoms with E-state index in [-0.39, 0.29) is 6.04 Å². The highest BCUT2D eigenvalue weighted by atomic mass is 16.5. The van der Waals surface area contributed by atoms with Gasteiger partial charge in [0.05, 0.1) is 18.8 Å². The van der Waals surface area contributed by atoms with Crippen LogP contribution in [0.15, 0.2) is 18.5 Å². The first-order valence-electron chi connectivity index (χ1n) is 6.85. The van der Waals surface area contributed by atoms with E-state index in [9.17, 15) is 0 Å². The summed E-state index contributed by atoms with van der Waals surface area (Å²) in [6, 6.07) is 2.27. The normalized spacial score (nSPS) is 30.9. The molecule has 0 bridgehead atoms. The molecular formula is C14H21N3O. The number of hydrogen-bond donors (Lipinski definition) is 2. The maximum Gasteiger partial charge on any atom is 0.137 e. The smallest absolute Gasteiger partial charge is 0.137 e. The standard InChI is InChI=1S/C14H21N3O/c1-2-18-13-6-12(7-16-8-13)14(17-15)11-4-9-3-10(9)5-11/h6-11,14,17H,2-5,15H2,1H3. The van der Waals surface area contributed by atoms with Crippen LogP contribution in [0.25, 0.3) is 0 Å². The number of hydrogen-bond acceptors (Lipinski definition) is 4. The molecule has 0 saturated heterocycles. The van der Waals surface area contributed by atoms with E-state index in [1.165, 1.54) is 19.3 Å². The van der Waals surface area contributed by atoms with Crippen LogP contribution < -0.4 is 16.0 Å². The Kier molecular flexibility index (Phi) is 3.22. The van der Waals surface area contributed by atoms with Crippen LogP contribution in [0.3, 0.4) is 0 Å². The second-order valence-electron chi connectivity index (χ2n) is 5.52. The maximum atomic E-state index is 5.75. The lowest BCUT2D eigenvalue weighted by molar-refractivity contribution is 0.329. The summed E-state index contributed by atoms with van der Waals surface area (Å²) in [6.07, 6.45) is 7.70. The highest BCUT2D eigenvalue weighted by molar-refractivity contribution is 5.27. The first-order valence-corrected chi connectivity index (χ1v) is 6.85. The Labute approximate surface area is 108 Å². The molecule has 0 spiro atoms. The van der Waals surface area contributed by atoms with E-state index in [2.05, 4.69) is 16.5 Å². The number of nitrogens with one attached hydrogen (secondary N) is 1. The number of pyridine rings is 1. The summed E-state index contributed by atoms with van der Waals surface area (Å²) < 4.78 is 5.50. The Balaban J connectivity index is 1.75. The molecule has 18 heavy (non-hydrogen) atoms. The molecule has 3 unspecified atom stereocenters. The Morgan fingerprint density at radius 3 is 2.83 bits per heavy atom. The molecule has 4 nitrogen and oxygen atoms in total. The van der Waals surface area contributed by atoms with E-state index < -0.39 is 0 Å². The van der Waals surface area contributed by atoms with Crippen molar-refractivity contribution in [3.8, 4) is 5.75 Å². The van der Waals surface area contributed by atoms with Crippen LogP contribution in [-0.2, 0) is 0 Å². The van der Waals surface area contributed by atoms with Gasteiger partial charge in [0.1, 0.15) is 5.75 Å². The summed E-state index contributed by atoms with van der Waals surface area (Å²) in [4.78, 5) is 4.25. The van der Waals surface area contributed by atoms with Gasteiger partial charge in [-0.1, -0.05) is 0 Å². The molecule has 2 aliphatic rings. The molecule has 1 aromatic heterocycles. The molecule has 0 aromatic carbocycles. The number of aromatic nitrogens is 1. The fraction of sp³-hybridized carbons (Fsp3) is 0.643. The molecule has 1 heterocycles. The number of ether oxygens (including phenoxy) is 1. The van der Waals surface area contributed by atoms with Crippen molar-refractivity contribution >= 4 is 0 Å². The molecule has 3 atom stereocenters. The minimum absolute atomic E-state index is 0.214. The molecule has 98 valence electrons. The van der Waals surface area contributed by atoms with Gasteiger partial charge in [-0.15, -0.1) is 0 Å². The summed E-state index contributed by atoms with van der Waals surface area (Å²) >= 11 is 0. The fourth-order valence-electron chi connectivity index (χ4n) is 3.39. The monoisotopic (exact) mass is 247 g/mol. The molecule has 2 aliphatic carbocycles. The zero-order chi connectivity index (χ0) is 12.5. The van der Waals surface area contributed by atoms with Gasteiger partial charge < -0.3 is 4.74 Å². The lowest BCUT2D eigenvalue weighted by Crippen LogP contribution is -2.33. The Morgan fingerprint density at radius 2 is 2.17 bits per heavy atom. The molecular weight excluding hydrogens is 226 g/mol. The van der Waals surface area contributed by atoms with Gasteiger partial charge >= 0.3 is 0 Å². The van der Waals surface area contributed by atoms with Crippen molar-refractivity contribution in [2.45, 2.75) is 32.2 Å². The Hall–Kier alpha value is -1.13. The van der Waals surface area contributed by atoms with Crippen LogP contribution in [0.2, 0.25) is 0 Å². The van der Waals surface area contributed by atoms with Crippen LogP contribution in [0, 0.1) is 17.8 Å². The van der Waals surface area contributed by atoms with Gasteiger partial charge in [-0.05, 0) is 55.6 Å². The van der Waals surface area contributed by atoms with Crippen molar-refractivity contribution in [2.24, 2.45) is 23.6 Å². The zero-order valence-electron chi connectivity index (χ0n) is 10.8. The highest BCUT2D eigenvalue weighted by Crippen LogP contribution is 2.57. The third kappa shape index (κ3) is 2.22. The van der Waals surface area contributed by atoms with Gasteiger partial charge in [0.2, 0.25) is 0 Å². The molecule has 3 rings (SSSR count). The number of hydrazine groups is 1. The van der Waals surface area contributed by atoms with E-state index in [1.54, 1.807) is 6.20 Å². The van der Waals surface area contributed by atoms with Gasteiger partial charge in [-0.3, -0.25) is 16.3 Å². The van der Waals surface area contributed by atoms with Crippen LogP contribution >= 0.6 is 0 Å². The predicted molar refractivity (Wildman–Crippen MR) is 69.8 cm³/mol. The molecule has 2 fully saturated rings. The summed E-state index contributed by atoms with van der Waals surface area (Å²) in [5.74, 6) is 9.17. The minimum atomic E-state index is 0.214. The second kappa shape index (κ2) is 4.86. The second-order valence-corrected chi connectivity index (χ2v) is 5.52. The van der Waals surface area contributed by atoms with E-state index in [0.29, 0.717) is 12.5 Å². The molecule has 0 radical (unpaired) electrons.